The normalized spacial score (nSPS) is 25.4. The summed E-state index contributed by atoms with van der Waals surface area (Å²) in [6.45, 7) is 8.21. The molecule has 0 spiro atoms. The molecule has 0 saturated carbocycles. The van der Waals surface area contributed by atoms with Crippen LogP contribution in [0.5, 0.6) is 0 Å². The SMILES string of the molecule is C[C@H]1[C@@H](CN2CCC[C@H]2CN2CCCC2)O[C@@H](c2ccc(CNC(=O)c3cnc4ccccc4n3)cc2)O[C@H]1c1ccc(CO)cc1. The van der Waals surface area contributed by atoms with E-state index in [1.54, 1.807) is 0 Å². The van der Waals surface area contributed by atoms with Crippen molar-refractivity contribution in [1.29, 1.82) is 0 Å². The number of aliphatic hydroxyl groups is 1. The third kappa shape index (κ3) is 7.40. The van der Waals surface area contributed by atoms with E-state index < -0.39 is 6.29 Å². The summed E-state index contributed by atoms with van der Waals surface area (Å²) in [4.78, 5) is 26.9. The monoisotopic (exact) mass is 635 g/mol. The zero-order valence-corrected chi connectivity index (χ0v) is 27.1. The van der Waals surface area contributed by atoms with Crippen LogP contribution < -0.4 is 5.32 Å². The predicted molar refractivity (Wildman–Crippen MR) is 180 cm³/mol. The van der Waals surface area contributed by atoms with Gasteiger partial charge in [-0.3, -0.25) is 14.7 Å². The first kappa shape index (κ1) is 31.8. The molecule has 4 aromatic rings. The second-order valence-corrected chi connectivity index (χ2v) is 13.3. The molecule has 1 amide bonds. The van der Waals surface area contributed by atoms with E-state index >= 15 is 0 Å². The average Bonchev–Trinajstić information content (AvgIpc) is 3.80. The van der Waals surface area contributed by atoms with Gasteiger partial charge < -0.3 is 24.8 Å². The van der Waals surface area contributed by atoms with E-state index in [0.29, 0.717) is 23.8 Å². The molecule has 7 rings (SSSR count). The number of amides is 1. The number of aromatic nitrogens is 2. The minimum Gasteiger partial charge on any atom is -0.392 e. The van der Waals surface area contributed by atoms with Crippen molar-refractivity contribution in [3.63, 3.8) is 0 Å². The Morgan fingerprint density at radius 1 is 0.872 bits per heavy atom. The van der Waals surface area contributed by atoms with E-state index in [-0.39, 0.29) is 30.6 Å². The van der Waals surface area contributed by atoms with Gasteiger partial charge in [-0.25, -0.2) is 4.98 Å². The number of para-hydroxylation sites is 2. The molecule has 3 aliphatic heterocycles. The quantitative estimate of drug-likeness (QED) is 0.239. The van der Waals surface area contributed by atoms with Gasteiger partial charge in [0.2, 0.25) is 0 Å². The first-order valence-corrected chi connectivity index (χ1v) is 17.1. The zero-order chi connectivity index (χ0) is 32.2. The second-order valence-electron chi connectivity index (χ2n) is 13.3. The van der Waals surface area contributed by atoms with Gasteiger partial charge in [-0.05, 0) is 74.1 Å². The smallest absolute Gasteiger partial charge is 0.271 e. The molecule has 0 bridgehead atoms. The molecule has 1 aromatic heterocycles. The van der Waals surface area contributed by atoms with Crippen molar-refractivity contribution in [3.8, 4) is 0 Å². The van der Waals surface area contributed by atoms with E-state index in [1.807, 2.05) is 60.7 Å². The van der Waals surface area contributed by atoms with Gasteiger partial charge in [-0.15, -0.1) is 0 Å². The van der Waals surface area contributed by atoms with Crippen molar-refractivity contribution in [2.24, 2.45) is 5.92 Å². The average molecular weight is 636 g/mol. The van der Waals surface area contributed by atoms with Gasteiger partial charge in [0.25, 0.3) is 5.91 Å². The number of hydrogen-bond acceptors (Lipinski definition) is 8. The highest BCUT2D eigenvalue weighted by Crippen LogP contribution is 2.42. The molecule has 0 aliphatic carbocycles. The van der Waals surface area contributed by atoms with Crippen LogP contribution in [0, 0.1) is 5.92 Å². The lowest BCUT2D eigenvalue weighted by molar-refractivity contribution is -0.276. The Kier molecular flexibility index (Phi) is 9.88. The van der Waals surface area contributed by atoms with Gasteiger partial charge in [0.15, 0.2) is 6.29 Å². The van der Waals surface area contributed by atoms with E-state index in [9.17, 15) is 9.90 Å². The predicted octanol–water partition coefficient (Wildman–Crippen LogP) is 5.40. The van der Waals surface area contributed by atoms with Crippen molar-refractivity contribution in [1.82, 2.24) is 25.1 Å². The molecule has 47 heavy (non-hydrogen) atoms. The lowest BCUT2D eigenvalue weighted by Gasteiger charge is -2.43. The first-order chi connectivity index (χ1) is 23.0. The van der Waals surface area contributed by atoms with Crippen LogP contribution in [-0.2, 0) is 22.6 Å². The number of hydrogen-bond donors (Lipinski definition) is 2. The lowest BCUT2D eigenvalue weighted by atomic mass is 9.90. The van der Waals surface area contributed by atoms with E-state index in [4.69, 9.17) is 9.47 Å². The Morgan fingerprint density at radius 2 is 1.60 bits per heavy atom. The Balaban J connectivity index is 1.04. The number of likely N-dealkylation sites (tertiary alicyclic amines) is 2. The number of fused-ring (bicyclic) bond motifs is 1. The summed E-state index contributed by atoms with van der Waals surface area (Å²) >= 11 is 0. The number of carbonyl (C=O) groups excluding carboxylic acids is 1. The summed E-state index contributed by atoms with van der Waals surface area (Å²) in [5.74, 6) is -0.116. The zero-order valence-electron chi connectivity index (χ0n) is 27.1. The van der Waals surface area contributed by atoms with Gasteiger partial charge in [0.05, 0.1) is 36.0 Å². The Morgan fingerprint density at radius 3 is 2.36 bits per heavy atom. The van der Waals surface area contributed by atoms with Crippen LogP contribution in [0.2, 0.25) is 0 Å². The molecule has 9 heteroatoms. The van der Waals surface area contributed by atoms with Gasteiger partial charge in [0, 0.05) is 37.2 Å². The molecule has 9 nitrogen and oxygen atoms in total. The van der Waals surface area contributed by atoms with Gasteiger partial charge >= 0.3 is 0 Å². The van der Waals surface area contributed by atoms with E-state index in [2.05, 4.69) is 44.1 Å². The fourth-order valence-corrected chi connectivity index (χ4v) is 7.30. The van der Waals surface area contributed by atoms with Crippen LogP contribution in [0.15, 0.2) is 79.0 Å². The minimum atomic E-state index is -0.519. The van der Waals surface area contributed by atoms with Crippen molar-refractivity contribution in [2.75, 3.05) is 32.7 Å². The molecule has 2 N–H and O–H groups in total. The maximum atomic E-state index is 12.8. The van der Waals surface area contributed by atoms with Gasteiger partial charge in [-0.2, -0.15) is 0 Å². The number of carbonyl (C=O) groups is 1. The number of benzene rings is 3. The number of nitrogens with one attached hydrogen (secondary N) is 1. The van der Waals surface area contributed by atoms with Crippen molar-refractivity contribution in [2.45, 2.75) is 70.3 Å². The molecular weight excluding hydrogens is 590 g/mol. The fraction of sp³-hybridized carbons (Fsp3) is 0.447. The molecule has 3 saturated heterocycles. The standard InChI is InChI=1S/C38H45N5O4/c1-26-35(24-43-20-6-7-31(43)23-42-18-4-5-19-42)46-38(47-36(26)29-14-12-28(25-44)13-15-29)30-16-10-27(11-17-30)21-40-37(45)34-22-39-32-8-2-3-9-33(32)41-34/h2-3,8-17,22,26,31,35-36,38,44H,4-7,18-21,23-25H2,1H3,(H,40,45)/t26-,31-,35+,36+,38+/m0/s1. The molecular formula is C38H45N5O4. The first-order valence-electron chi connectivity index (χ1n) is 17.1. The van der Waals surface area contributed by atoms with Gasteiger partial charge in [-0.1, -0.05) is 67.6 Å². The van der Waals surface area contributed by atoms with E-state index in [0.717, 1.165) is 47.4 Å². The van der Waals surface area contributed by atoms with Crippen molar-refractivity contribution >= 4 is 16.9 Å². The number of rotatable bonds is 10. The highest BCUT2D eigenvalue weighted by atomic mass is 16.7. The summed E-state index contributed by atoms with van der Waals surface area (Å²) < 4.78 is 13.5. The molecule has 3 fully saturated rings. The molecule has 3 aliphatic rings. The molecule has 246 valence electrons. The summed E-state index contributed by atoms with van der Waals surface area (Å²) in [6, 6.07) is 24.3. The number of aliphatic hydroxyl groups excluding tert-OH is 1. The fourth-order valence-electron chi connectivity index (χ4n) is 7.30. The van der Waals surface area contributed by atoms with Crippen LogP contribution in [0.25, 0.3) is 11.0 Å². The molecule has 3 aromatic carbocycles. The van der Waals surface area contributed by atoms with Crippen LogP contribution in [-0.4, -0.2) is 75.7 Å². The topological polar surface area (TPSA) is 100 Å². The van der Waals surface area contributed by atoms with Crippen LogP contribution in [0.3, 0.4) is 0 Å². The Bertz CT molecular complexity index is 1640. The Labute approximate surface area is 276 Å². The molecule has 0 radical (unpaired) electrons. The van der Waals surface area contributed by atoms with Crippen LogP contribution in [0.1, 0.15) is 77.7 Å². The summed E-state index contributed by atoms with van der Waals surface area (Å²) in [5, 5.41) is 12.6. The highest BCUT2D eigenvalue weighted by Gasteiger charge is 2.40. The summed E-state index contributed by atoms with van der Waals surface area (Å²) in [6.07, 6.45) is 5.96. The van der Waals surface area contributed by atoms with Crippen molar-refractivity contribution in [3.05, 3.63) is 107 Å². The highest BCUT2D eigenvalue weighted by molar-refractivity contribution is 5.93. The molecule has 0 unspecified atom stereocenters. The molecule has 5 atom stereocenters. The van der Waals surface area contributed by atoms with Crippen molar-refractivity contribution < 1.29 is 19.4 Å². The number of ether oxygens (including phenoxy) is 2. The number of nitrogens with zero attached hydrogens (tertiary/aromatic N) is 4. The third-order valence-electron chi connectivity index (χ3n) is 10.1. The van der Waals surface area contributed by atoms with Crippen LogP contribution >= 0.6 is 0 Å². The molecule has 4 heterocycles. The minimum absolute atomic E-state index is 0.00234. The summed E-state index contributed by atoms with van der Waals surface area (Å²) in [7, 11) is 0. The maximum absolute atomic E-state index is 12.8. The maximum Gasteiger partial charge on any atom is 0.271 e. The lowest BCUT2D eigenvalue weighted by Crippen LogP contribution is -2.48. The summed E-state index contributed by atoms with van der Waals surface area (Å²) in [5.41, 5.74) is 5.65. The van der Waals surface area contributed by atoms with Gasteiger partial charge in [0.1, 0.15) is 5.69 Å². The largest absolute Gasteiger partial charge is 0.392 e. The Hall–Kier alpha value is -3.73. The third-order valence-corrected chi connectivity index (χ3v) is 10.1. The second kappa shape index (κ2) is 14.6. The van der Waals surface area contributed by atoms with E-state index in [1.165, 1.54) is 45.0 Å². The van der Waals surface area contributed by atoms with Crippen LogP contribution in [0.4, 0.5) is 0 Å².